The topological polar surface area (TPSA) is 63.4 Å². The van der Waals surface area contributed by atoms with Gasteiger partial charge in [-0.15, -0.1) is 0 Å². The highest BCUT2D eigenvalue weighted by Crippen LogP contribution is 2.27. The summed E-state index contributed by atoms with van der Waals surface area (Å²) in [7, 11) is -3.18. The summed E-state index contributed by atoms with van der Waals surface area (Å²) in [5, 5.41) is -0.190. The normalized spacial score (nSPS) is 17.5. The first-order chi connectivity index (χ1) is 9.54. The van der Waals surface area contributed by atoms with E-state index in [1.165, 1.54) is 0 Å². The van der Waals surface area contributed by atoms with E-state index in [2.05, 4.69) is 0 Å². The molecular formula is C15H24N2O2S. The Morgan fingerprint density at radius 3 is 2.30 bits per heavy atom. The molecule has 2 rings (SSSR count). The van der Waals surface area contributed by atoms with Crippen molar-refractivity contribution in [1.82, 2.24) is 4.31 Å². The Kier molecular flexibility index (Phi) is 5.05. The third kappa shape index (κ3) is 3.52. The van der Waals surface area contributed by atoms with Gasteiger partial charge in [0.2, 0.25) is 10.0 Å². The van der Waals surface area contributed by atoms with Crippen molar-refractivity contribution in [3.63, 3.8) is 0 Å². The first-order valence-electron chi connectivity index (χ1n) is 7.37. The van der Waals surface area contributed by atoms with Crippen LogP contribution in [0.5, 0.6) is 0 Å². The minimum Gasteiger partial charge on any atom is -0.399 e. The predicted octanol–water partition coefficient (Wildman–Crippen LogP) is 2.75. The summed E-state index contributed by atoms with van der Waals surface area (Å²) in [5.41, 5.74) is 7.35. The predicted molar refractivity (Wildman–Crippen MR) is 82.7 cm³/mol. The molecule has 0 aromatic heterocycles. The standard InChI is InChI=1S/C15H24N2O2S/c1-2-17(12-13-8-10-14(16)11-9-13)20(18,19)15-6-4-3-5-7-15/h8-11,15H,2-7,12,16H2,1H3. The Labute approximate surface area is 122 Å². The maximum atomic E-state index is 12.7. The largest absolute Gasteiger partial charge is 0.399 e. The Morgan fingerprint density at radius 2 is 1.75 bits per heavy atom. The van der Waals surface area contributed by atoms with Gasteiger partial charge in [-0.05, 0) is 30.5 Å². The van der Waals surface area contributed by atoms with Crippen molar-refractivity contribution >= 4 is 15.7 Å². The number of nitrogens with zero attached hydrogens (tertiary/aromatic N) is 1. The van der Waals surface area contributed by atoms with Gasteiger partial charge in [0, 0.05) is 18.8 Å². The molecule has 112 valence electrons. The molecule has 0 unspecified atom stereocenters. The van der Waals surface area contributed by atoms with Crippen LogP contribution in [0.25, 0.3) is 0 Å². The summed E-state index contributed by atoms with van der Waals surface area (Å²) < 4.78 is 27.0. The zero-order valence-corrected chi connectivity index (χ0v) is 12.9. The lowest BCUT2D eigenvalue weighted by molar-refractivity contribution is 0.394. The average Bonchev–Trinajstić information content (AvgIpc) is 2.47. The second kappa shape index (κ2) is 6.59. The molecule has 0 aliphatic heterocycles. The quantitative estimate of drug-likeness (QED) is 0.850. The number of rotatable bonds is 5. The molecule has 0 radical (unpaired) electrons. The first kappa shape index (κ1) is 15.3. The Bertz CT molecular complexity index is 519. The van der Waals surface area contributed by atoms with E-state index >= 15 is 0 Å². The van der Waals surface area contributed by atoms with Crippen molar-refractivity contribution in [3.05, 3.63) is 29.8 Å². The Hall–Kier alpha value is -1.07. The van der Waals surface area contributed by atoms with Gasteiger partial charge in [-0.3, -0.25) is 0 Å². The fourth-order valence-electron chi connectivity index (χ4n) is 2.78. The van der Waals surface area contributed by atoms with E-state index < -0.39 is 10.0 Å². The molecule has 1 aromatic rings. The maximum Gasteiger partial charge on any atom is 0.217 e. The molecular weight excluding hydrogens is 272 g/mol. The number of hydrogen-bond donors (Lipinski definition) is 1. The van der Waals surface area contributed by atoms with Crippen molar-refractivity contribution < 1.29 is 8.42 Å². The molecule has 5 heteroatoms. The zero-order chi connectivity index (χ0) is 14.6. The highest BCUT2D eigenvalue weighted by Gasteiger charge is 2.32. The van der Waals surface area contributed by atoms with Crippen LogP contribution in [-0.4, -0.2) is 24.5 Å². The highest BCUT2D eigenvalue weighted by molar-refractivity contribution is 7.89. The molecule has 0 spiro atoms. The number of nitrogens with two attached hydrogens (primary N) is 1. The van der Waals surface area contributed by atoms with Gasteiger partial charge in [-0.25, -0.2) is 8.42 Å². The molecule has 0 amide bonds. The molecule has 0 saturated heterocycles. The zero-order valence-electron chi connectivity index (χ0n) is 12.1. The third-order valence-electron chi connectivity index (χ3n) is 4.02. The van der Waals surface area contributed by atoms with Gasteiger partial charge in [0.05, 0.1) is 5.25 Å². The molecule has 0 bridgehead atoms. The molecule has 1 aliphatic carbocycles. The van der Waals surface area contributed by atoms with E-state index in [1.807, 2.05) is 31.2 Å². The Balaban J connectivity index is 2.12. The molecule has 0 atom stereocenters. The highest BCUT2D eigenvalue weighted by atomic mass is 32.2. The number of nitrogen functional groups attached to an aromatic ring is 1. The van der Waals surface area contributed by atoms with Crippen LogP contribution in [0.2, 0.25) is 0 Å². The van der Waals surface area contributed by atoms with Gasteiger partial charge < -0.3 is 5.73 Å². The van der Waals surface area contributed by atoms with E-state index in [1.54, 1.807) is 4.31 Å². The molecule has 2 N–H and O–H groups in total. The third-order valence-corrected chi connectivity index (χ3v) is 6.45. The number of hydrogen-bond acceptors (Lipinski definition) is 3. The minimum absolute atomic E-state index is 0.190. The molecule has 0 heterocycles. The summed E-state index contributed by atoms with van der Waals surface area (Å²) in [6.07, 6.45) is 4.84. The molecule has 4 nitrogen and oxygen atoms in total. The minimum atomic E-state index is -3.18. The SMILES string of the molecule is CCN(Cc1ccc(N)cc1)S(=O)(=O)C1CCCCC1. The van der Waals surface area contributed by atoms with Crippen LogP contribution in [0, 0.1) is 0 Å². The van der Waals surface area contributed by atoms with Crippen LogP contribution in [0.4, 0.5) is 5.69 Å². The van der Waals surface area contributed by atoms with Crippen molar-refractivity contribution in [2.24, 2.45) is 0 Å². The number of benzene rings is 1. The van der Waals surface area contributed by atoms with Crippen molar-refractivity contribution in [2.75, 3.05) is 12.3 Å². The van der Waals surface area contributed by atoms with Crippen LogP contribution in [0.15, 0.2) is 24.3 Å². The van der Waals surface area contributed by atoms with Crippen LogP contribution < -0.4 is 5.73 Å². The summed E-state index contributed by atoms with van der Waals surface area (Å²) in [5.74, 6) is 0. The number of sulfonamides is 1. The monoisotopic (exact) mass is 296 g/mol. The molecule has 1 aliphatic rings. The van der Waals surface area contributed by atoms with Crippen molar-refractivity contribution in [2.45, 2.75) is 50.8 Å². The average molecular weight is 296 g/mol. The van der Waals surface area contributed by atoms with Gasteiger partial charge in [-0.2, -0.15) is 4.31 Å². The second-order valence-electron chi connectivity index (χ2n) is 5.47. The van der Waals surface area contributed by atoms with E-state index in [9.17, 15) is 8.42 Å². The number of anilines is 1. The molecule has 1 saturated carbocycles. The molecule has 1 fully saturated rings. The summed E-state index contributed by atoms with van der Waals surface area (Å²) in [6, 6.07) is 7.43. The van der Waals surface area contributed by atoms with Crippen LogP contribution >= 0.6 is 0 Å². The molecule has 20 heavy (non-hydrogen) atoms. The van der Waals surface area contributed by atoms with Crippen LogP contribution in [-0.2, 0) is 16.6 Å². The smallest absolute Gasteiger partial charge is 0.217 e. The van der Waals surface area contributed by atoms with E-state index in [0.29, 0.717) is 18.8 Å². The van der Waals surface area contributed by atoms with Crippen LogP contribution in [0.1, 0.15) is 44.6 Å². The van der Waals surface area contributed by atoms with E-state index in [-0.39, 0.29) is 5.25 Å². The lowest BCUT2D eigenvalue weighted by Gasteiger charge is -2.29. The lowest BCUT2D eigenvalue weighted by Crippen LogP contribution is -2.39. The van der Waals surface area contributed by atoms with E-state index in [4.69, 9.17) is 5.73 Å². The van der Waals surface area contributed by atoms with E-state index in [0.717, 1.165) is 37.7 Å². The lowest BCUT2D eigenvalue weighted by atomic mass is 10.0. The Morgan fingerprint density at radius 1 is 1.15 bits per heavy atom. The first-order valence-corrected chi connectivity index (χ1v) is 8.87. The van der Waals surface area contributed by atoms with Gasteiger partial charge in [0.25, 0.3) is 0 Å². The van der Waals surface area contributed by atoms with Crippen molar-refractivity contribution in [1.29, 1.82) is 0 Å². The van der Waals surface area contributed by atoms with Crippen molar-refractivity contribution in [3.8, 4) is 0 Å². The van der Waals surface area contributed by atoms with Crippen LogP contribution in [0.3, 0.4) is 0 Å². The fourth-order valence-corrected chi connectivity index (χ4v) is 4.82. The van der Waals surface area contributed by atoms with Gasteiger partial charge in [-0.1, -0.05) is 38.3 Å². The fraction of sp³-hybridized carbons (Fsp3) is 0.600. The van der Waals surface area contributed by atoms with Gasteiger partial charge in [0.15, 0.2) is 0 Å². The molecule has 1 aromatic carbocycles. The van der Waals surface area contributed by atoms with Gasteiger partial charge >= 0.3 is 0 Å². The summed E-state index contributed by atoms with van der Waals surface area (Å²) in [4.78, 5) is 0. The maximum absolute atomic E-state index is 12.7. The second-order valence-corrected chi connectivity index (χ2v) is 7.69. The summed E-state index contributed by atoms with van der Waals surface area (Å²) in [6.45, 7) is 2.86. The summed E-state index contributed by atoms with van der Waals surface area (Å²) >= 11 is 0. The van der Waals surface area contributed by atoms with Gasteiger partial charge in [0.1, 0.15) is 0 Å².